The molecule has 0 aliphatic rings. The third kappa shape index (κ3) is 4.68. The van der Waals surface area contributed by atoms with Crippen molar-refractivity contribution in [2.24, 2.45) is 0 Å². The zero-order chi connectivity index (χ0) is 21.2. The monoisotopic (exact) mass is 472 g/mol. The van der Waals surface area contributed by atoms with Crippen LogP contribution in [0.4, 0.5) is 11.4 Å². The normalized spacial score (nSPS) is 11.2. The van der Waals surface area contributed by atoms with Crippen LogP contribution in [0.3, 0.4) is 0 Å². The zero-order valence-corrected chi connectivity index (χ0v) is 18.7. The van der Waals surface area contributed by atoms with E-state index in [2.05, 4.69) is 21.2 Å². The Balaban J connectivity index is 1.79. The Labute approximate surface area is 179 Å². The number of sulfonamides is 1. The van der Waals surface area contributed by atoms with Gasteiger partial charge < -0.3 is 5.32 Å². The van der Waals surface area contributed by atoms with Crippen molar-refractivity contribution in [3.63, 3.8) is 0 Å². The van der Waals surface area contributed by atoms with Crippen molar-refractivity contribution in [3.05, 3.63) is 87.9 Å². The predicted octanol–water partition coefficient (Wildman–Crippen LogP) is 5.14. The van der Waals surface area contributed by atoms with Crippen molar-refractivity contribution in [2.45, 2.75) is 18.7 Å². The molecule has 29 heavy (non-hydrogen) atoms. The van der Waals surface area contributed by atoms with Crippen LogP contribution in [0.25, 0.3) is 0 Å². The van der Waals surface area contributed by atoms with E-state index < -0.39 is 10.0 Å². The highest BCUT2D eigenvalue weighted by Crippen LogP contribution is 2.24. The summed E-state index contributed by atoms with van der Waals surface area (Å²) in [6.07, 6.45) is 0. The lowest BCUT2D eigenvalue weighted by atomic mass is 10.1. The molecule has 0 aliphatic carbocycles. The third-order valence-corrected chi connectivity index (χ3v) is 6.91. The summed E-state index contributed by atoms with van der Waals surface area (Å²) in [6.45, 7) is 3.82. The lowest BCUT2D eigenvalue weighted by molar-refractivity contribution is 0.102. The van der Waals surface area contributed by atoms with Gasteiger partial charge in [0.25, 0.3) is 15.9 Å². The maximum atomic E-state index is 12.8. The molecule has 0 unspecified atom stereocenters. The topological polar surface area (TPSA) is 66.5 Å². The summed E-state index contributed by atoms with van der Waals surface area (Å²) in [7, 11) is -2.18. The first-order valence-corrected chi connectivity index (χ1v) is 11.1. The third-order valence-electron chi connectivity index (χ3n) is 4.62. The minimum Gasteiger partial charge on any atom is -0.322 e. The molecule has 1 N–H and O–H groups in total. The van der Waals surface area contributed by atoms with Gasteiger partial charge in [-0.3, -0.25) is 9.10 Å². The maximum Gasteiger partial charge on any atom is 0.264 e. The fourth-order valence-corrected chi connectivity index (χ4v) is 4.31. The number of nitrogens with one attached hydrogen (secondary N) is 1. The summed E-state index contributed by atoms with van der Waals surface area (Å²) >= 11 is 3.40. The van der Waals surface area contributed by atoms with Crippen molar-refractivity contribution in [1.82, 2.24) is 0 Å². The van der Waals surface area contributed by atoms with Gasteiger partial charge in [0, 0.05) is 22.8 Å². The van der Waals surface area contributed by atoms with Crippen LogP contribution >= 0.6 is 15.9 Å². The number of amides is 1. The summed E-state index contributed by atoms with van der Waals surface area (Å²) < 4.78 is 27.7. The summed E-state index contributed by atoms with van der Waals surface area (Å²) in [4.78, 5) is 12.8. The van der Waals surface area contributed by atoms with Crippen LogP contribution < -0.4 is 9.62 Å². The van der Waals surface area contributed by atoms with E-state index in [-0.39, 0.29) is 10.8 Å². The van der Waals surface area contributed by atoms with Crippen molar-refractivity contribution in [1.29, 1.82) is 0 Å². The summed E-state index contributed by atoms with van der Waals surface area (Å²) in [5.41, 5.74) is 3.56. The largest absolute Gasteiger partial charge is 0.322 e. The zero-order valence-electron chi connectivity index (χ0n) is 16.3. The van der Waals surface area contributed by atoms with E-state index in [0.717, 1.165) is 15.6 Å². The number of rotatable bonds is 5. The van der Waals surface area contributed by atoms with Crippen LogP contribution in [0.5, 0.6) is 0 Å². The second-order valence-corrected chi connectivity index (χ2v) is 9.63. The van der Waals surface area contributed by atoms with Gasteiger partial charge in [-0.1, -0.05) is 39.7 Å². The van der Waals surface area contributed by atoms with E-state index in [0.29, 0.717) is 16.9 Å². The van der Waals surface area contributed by atoms with E-state index in [1.54, 1.807) is 48.5 Å². The number of hydrogen-bond acceptors (Lipinski definition) is 3. The van der Waals surface area contributed by atoms with Gasteiger partial charge in [0.2, 0.25) is 0 Å². The Hall–Kier alpha value is -2.64. The van der Waals surface area contributed by atoms with E-state index >= 15 is 0 Å². The highest BCUT2D eigenvalue weighted by molar-refractivity contribution is 9.10. The molecule has 0 aliphatic heterocycles. The molecule has 0 aromatic heterocycles. The van der Waals surface area contributed by atoms with Gasteiger partial charge in [0.1, 0.15) is 0 Å². The van der Waals surface area contributed by atoms with E-state index in [1.165, 1.54) is 11.4 Å². The van der Waals surface area contributed by atoms with Crippen LogP contribution in [0.1, 0.15) is 21.5 Å². The van der Waals surface area contributed by atoms with Gasteiger partial charge >= 0.3 is 0 Å². The molecule has 0 fully saturated rings. The molecular formula is C22H21BrN2O3S. The van der Waals surface area contributed by atoms with Crippen LogP contribution in [-0.2, 0) is 10.0 Å². The summed E-state index contributed by atoms with van der Waals surface area (Å²) in [5, 5.41) is 2.88. The molecule has 0 radical (unpaired) electrons. The van der Waals surface area contributed by atoms with Gasteiger partial charge in [-0.2, -0.15) is 0 Å². The number of aryl methyl sites for hydroxylation is 2. The number of carbonyl (C=O) groups is 1. The highest BCUT2D eigenvalue weighted by Gasteiger charge is 2.21. The number of anilines is 2. The van der Waals surface area contributed by atoms with E-state index in [9.17, 15) is 13.2 Å². The fourth-order valence-electron chi connectivity index (χ4n) is 2.75. The molecule has 0 bridgehead atoms. The summed E-state index contributed by atoms with van der Waals surface area (Å²) in [6, 6.07) is 18.8. The average molecular weight is 473 g/mol. The standard InChI is InChI=1S/C22H21BrN2O3S/c1-15-4-12-20(13-5-15)29(27,28)25(3)19-10-7-17(8-11-19)22(26)24-21-14-18(23)9-6-16(21)2/h4-14H,1-3H3,(H,24,26). The Morgan fingerprint density at radius 2 is 1.55 bits per heavy atom. The van der Waals surface area contributed by atoms with Gasteiger partial charge in [0.05, 0.1) is 10.6 Å². The Morgan fingerprint density at radius 1 is 0.931 bits per heavy atom. The smallest absolute Gasteiger partial charge is 0.264 e. The maximum absolute atomic E-state index is 12.8. The first kappa shape index (κ1) is 21.1. The van der Waals surface area contributed by atoms with Gasteiger partial charge in [-0.15, -0.1) is 0 Å². The molecule has 3 aromatic rings. The van der Waals surface area contributed by atoms with Gasteiger partial charge in [0.15, 0.2) is 0 Å². The van der Waals surface area contributed by atoms with Crippen LogP contribution in [-0.4, -0.2) is 21.4 Å². The molecule has 0 spiro atoms. The van der Waals surface area contributed by atoms with Crippen molar-refractivity contribution < 1.29 is 13.2 Å². The molecule has 0 saturated heterocycles. The molecule has 7 heteroatoms. The van der Waals surface area contributed by atoms with Crippen molar-refractivity contribution in [3.8, 4) is 0 Å². The summed E-state index contributed by atoms with van der Waals surface area (Å²) in [5.74, 6) is -0.262. The second-order valence-electron chi connectivity index (χ2n) is 6.75. The molecule has 0 atom stereocenters. The van der Waals surface area contributed by atoms with Gasteiger partial charge in [-0.05, 0) is 67.9 Å². The Morgan fingerprint density at radius 3 is 2.17 bits per heavy atom. The van der Waals surface area contributed by atoms with Crippen LogP contribution in [0, 0.1) is 13.8 Å². The predicted molar refractivity (Wildman–Crippen MR) is 120 cm³/mol. The van der Waals surface area contributed by atoms with Crippen molar-refractivity contribution in [2.75, 3.05) is 16.7 Å². The van der Waals surface area contributed by atoms with E-state index in [4.69, 9.17) is 0 Å². The fraction of sp³-hybridized carbons (Fsp3) is 0.136. The number of carbonyl (C=O) groups excluding carboxylic acids is 1. The molecule has 150 valence electrons. The molecule has 1 amide bonds. The minimum atomic E-state index is -3.67. The molecule has 0 saturated carbocycles. The Kier molecular flexibility index (Phi) is 6.10. The molecule has 0 heterocycles. The SMILES string of the molecule is Cc1ccc(S(=O)(=O)N(C)c2ccc(C(=O)Nc3cc(Br)ccc3C)cc2)cc1. The number of halogens is 1. The number of hydrogen-bond donors (Lipinski definition) is 1. The quantitative estimate of drug-likeness (QED) is 0.558. The van der Waals surface area contributed by atoms with Crippen molar-refractivity contribution >= 4 is 43.2 Å². The van der Waals surface area contributed by atoms with Crippen LogP contribution in [0.15, 0.2) is 76.1 Å². The molecule has 3 aromatic carbocycles. The number of benzene rings is 3. The minimum absolute atomic E-state index is 0.220. The van der Waals surface area contributed by atoms with E-state index in [1.807, 2.05) is 32.0 Å². The highest BCUT2D eigenvalue weighted by atomic mass is 79.9. The molecular weight excluding hydrogens is 452 g/mol. The molecule has 5 nitrogen and oxygen atoms in total. The molecule has 3 rings (SSSR count). The lowest BCUT2D eigenvalue weighted by Crippen LogP contribution is -2.26. The first-order valence-electron chi connectivity index (χ1n) is 8.91. The lowest BCUT2D eigenvalue weighted by Gasteiger charge is -2.20. The second kappa shape index (κ2) is 8.39. The Bertz CT molecular complexity index is 1140. The van der Waals surface area contributed by atoms with Crippen LogP contribution in [0.2, 0.25) is 0 Å². The first-order chi connectivity index (χ1) is 13.7. The number of nitrogens with zero attached hydrogens (tertiary/aromatic N) is 1. The van der Waals surface area contributed by atoms with Gasteiger partial charge in [-0.25, -0.2) is 8.42 Å². The average Bonchev–Trinajstić information content (AvgIpc) is 2.70.